The fourth-order valence-electron chi connectivity index (χ4n) is 2.41. The van der Waals surface area contributed by atoms with Gasteiger partial charge in [-0.3, -0.25) is 9.98 Å². The van der Waals surface area contributed by atoms with Gasteiger partial charge in [0, 0.05) is 22.5 Å². The van der Waals surface area contributed by atoms with E-state index in [0.717, 1.165) is 17.1 Å². The van der Waals surface area contributed by atoms with Crippen LogP contribution >= 0.6 is 31.5 Å². The van der Waals surface area contributed by atoms with Gasteiger partial charge < -0.3 is 0 Å². The number of benzene rings is 1. The van der Waals surface area contributed by atoms with E-state index in [4.69, 9.17) is 25.2 Å². The molecule has 0 aliphatic rings. The summed E-state index contributed by atoms with van der Waals surface area (Å²) >= 11 is 1.94. The van der Waals surface area contributed by atoms with Gasteiger partial charge in [-0.2, -0.15) is 0 Å². The molecule has 0 bridgehead atoms. The Labute approximate surface area is 163 Å². The topological polar surface area (TPSA) is 24.7 Å². The predicted octanol–water partition coefficient (Wildman–Crippen LogP) is 6.63. The Morgan fingerprint density at radius 2 is 1.42 bits per heavy atom. The fourth-order valence-corrected chi connectivity index (χ4v) is 3.35. The molecule has 0 unspecified atom stereocenters. The van der Waals surface area contributed by atoms with Gasteiger partial charge in [0.2, 0.25) is 0 Å². The van der Waals surface area contributed by atoms with Gasteiger partial charge in [0.1, 0.15) is 0 Å². The zero-order valence-electron chi connectivity index (χ0n) is 14.7. The molecule has 0 N–H and O–H groups in total. The van der Waals surface area contributed by atoms with Gasteiger partial charge in [0.05, 0.1) is 11.4 Å². The molecular formula is C18H22Cl2FeN2S. The van der Waals surface area contributed by atoms with E-state index >= 15 is 0 Å². The Hall–Kier alpha value is -0.641. The molecule has 132 valence electrons. The van der Waals surface area contributed by atoms with Crippen molar-refractivity contribution >= 4 is 48.6 Å². The van der Waals surface area contributed by atoms with E-state index in [1.807, 2.05) is 14.0 Å². The van der Waals surface area contributed by atoms with Crippen molar-refractivity contribution in [1.82, 2.24) is 0 Å². The van der Waals surface area contributed by atoms with Gasteiger partial charge in [-0.25, -0.2) is 0 Å². The SMILES string of the molecule is CN=C(C)c1ccc(C(C)=Nc2c(C)cc(C)cc2C)s1.[Cl][Fe][Cl]. The molecule has 0 fully saturated rings. The Morgan fingerprint density at radius 3 is 1.88 bits per heavy atom. The Balaban J connectivity index is 0.000000891. The van der Waals surface area contributed by atoms with Crippen LogP contribution in [0.1, 0.15) is 40.3 Å². The number of nitrogens with zero attached hydrogens (tertiary/aromatic N) is 2. The van der Waals surface area contributed by atoms with Crippen LogP contribution < -0.4 is 0 Å². The minimum atomic E-state index is 0.194. The third-order valence-electron chi connectivity index (χ3n) is 3.57. The van der Waals surface area contributed by atoms with Crippen LogP contribution in [0.4, 0.5) is 5.69 Å². The van der Waals surface area contributed by atoms with E-state index < -0.39 is 0 Å². The van der Waals surface area contributed by atoms with E-state index in [0.29, 0.717) is 0 Å². The first kappa shape index (κ1) is 21.4. The Bertz CT molecular complexity index is 728. The molecule has 2 nitrogen and oxygen atoms in total. The summed E-state index contributed by atoms with van der Waals surface area (Å²) in [4.78, 5) is 11.5. The number of hydrogen-bond donors (Lipinski definition) is 0. The molecule has 0 aliphatic carbocycles. The minimum absolute atomic E-state index is 0.194. The molecule has 1 aromatic carbocycles. The van der Waals surface area contributed by atoms with Crippen LogP contribution in [0.2, 0.25) is 0 Å². The molecule has 24 heavy (non-hydrogen) atoms. The van der Waals surface area contributed by atoms with Crippen molar-refractivity contribution < 1.29 is 13.1 Å². The number of aryl methyl sites for hydroxylation is 3. The first-order valence-electron chi connectivity index (χ1n) is 7.36. The first-order chi connectivity index (χ1) is 11.3. The summed E-state index contributed by atoms with van der Waals surface area (Å²) in [7, 11) is 11.4. The number of aliphatic imine (C=N–C) groups is 2. The fraction of sp³-hybridized carbons (Fsp3) is 0.333. The first-order valence-corrected chi connectivity index (χ1v) is 11.2. The van der Waals surface area contributed by atoms with Crippen LogP contribution in [0.15, 0.2) is 34.3 Å². The second kappa shape index (κ2) is 10.4. The van der Waals surface area contributed by atoms with E-state index in [-0.39, 0.29) is 13.1 Å². The van der Waals surface area contributed by atoms with Gasteiger partial charge >= 0.3 is 33.3 Å². The average Bonchev–Trinajstić information content (AvgIpc) is 3.00. The summed E-state index contributed by atoms with van der Waals surface area (Å²) in [6, 6.07) is 8.63. The number of hydrogen-bond acceptors (Lipinski definition) is 3. The Morgan fingerprint density at radius 1 is 0.958 bits per heavy atom. The van der Waals surface area contributed by atoms with Crippen molar-refractivity contribution in [2.24, 2.45) is 9.98 Å². The summed E-state index contributed by atoms with van der Waals surface area (Å²) in [6.45, 7) is 10.5. The third-order valence-corrected chi connectivity index (χ3v) is 4.87. The van der Waals surface area contributed by atoms with Crippen LogP contribution in [-0.2, 0) is 13.1 Å². The standard InChI is InChI=1S/C18H22N2S.2ClH.Fe/c1-11-9-12(2)18(13(3)10-11)20-15(5)17-8-7-16(21-17)14(4)19-6;;;/h7-10H,1-6H3;2*1H;/q;;;+2/p-2. The van der Waals surface area contributed by atoms with Gasteiger partial charge in [0.25, 0.3) is 0 Å². The van der Waals surface area contributed by atoms with E-state index in [1.165, 1.54) is 26.4 Å². The van der Waals surface area contributed by atoms with E-state index in [2.05, 4.69) is 57.0 Å². The van der Waals surface area contributed by atoms with Crippen LogP contribution in [0, 0.1) is 20.8 Å². The summed E-state index contributed by atoms with van der Waals surface area (Å²) in [5.74, 6) is 0. The monoisotopic (exact) mass is 424 g/mol. The molecule has 6 heteroatoms. The molecule has 1 aromatic heterocycles. The molecule has 0 spiro atoms. The average molecular weight is 425 g/mol. The van der Waals surface area contributed by atoms with E-state index in [1.54, 1.807) is 11.3 Å². The molecule has 0 aliphatic heterocycles. The number of thiophene rings is 1. The molecule has 0 saturated carbocycles. The molecule has 0 saturated heterocycles. The molecule has 0 atom stereocenters. The zero-order valence-corrected chi connectivity index (χ0v) is 18.2. The maximum atomic E-state index is 4.86. The van der Waals surface area contributed by atoms with Crippen LogP contribution in [0.3, 0.4) is 0 Å². The number of halogens is 2. The second-order valence-corrected chi connectivity index (χ2v) is 8.38. The molecule has 2 rings (SSSR count). The normalized spacial score (nSPS) is 12.2. The molecular weight excluding hydrogens is 403 g/mol. The van der Waals surface area contributed by atoms with Gasteiger partial charge in [0.15, 0.2) is 0 Å². The second-order valence-electron chi connectivity index (χ2n) is 5.47. The van der Waals surface area contributed by atoms with Crippen molar-refractivity contribution in [3.05, 3.63) is 50.7 Å². The maximum absolute atomic E-state index is 4.86. The van der Waals surface area contributed by atoms with Crippen molar-refractivity contribution in [2.75, 3.05) is 7.05 Å². The summed E-state index contributed by atoms with van der Waals surface area (Å²) < 4.78 is 0. The van der Waals surface area contributed by atoms with E-state index in [9.17, 15) is 0 Å². The summed E-state index contributed by atoms with van der Waals surface area (Å²) in [6.07, 6.45) is 0. The molecule has 0 radical (unpaired) electrons. The van der Waals surface area contributed by atoms with Crippen LogP contribution in [0.25, 0.3) is 0 Å². The van der Waals surface area contributed by atoms with Crippen LogP contribution in [0.5, 0.6) is 0 Å². The molecule has 2 aromatic rings. The van der Waals surface area contributed by atoms with Crippen LogP contribution in [-0.4, -0.2) is 18.5 Å². The van der Waals surface area contributed by atoms with Crippen molar-refractivity contribution in [2.45, 2.75) is 34.6 Å². The summed E-state index contributed by atoms with van der Waals surface area (Å²) in [5.41, 5.74) is 6.97. The zero-order chi connectivity index (χ0) is 18.3. The van der Waals surface area contributed by atoms with Gasteiger partial charge in [-0.15, -0.1) is 11.3 Å². The van der Waals surface area contributed by atoms with Crippen molar-refractivity contribution in [1.29, 1.82) is 0 Å². The molecule has 1 heterocycles. The quantitative estimate of drug-likeness (QED) is 0.390. The number of rotatable bonds is 3. The third kappa shape index (κ3) is 6.02. The van der Waals surface area contributed by atoms with Gasteiger partial charge in [-0.1, -0.05) is 17.7 Å². The predicted molar refractivity (Wildman–Crippen MR) is 107 cm³/mol. The van der Waals surface area contributed by atoms with Crippen molar-refractivity contribution in [3.63, 3.8) is 0 Å². The Kier molecular flexibility index (Phi) is 9.25. The van der Waals surface area contributed by atoms with Gasteiger partial charge in [-0.05, 0) is 57.9 Å². The molecule has 0 amide bonds. The van der Waals surface area contributed by atoms with Crippen molar-refractivity contribution in [3.8, 4) is 0 Å². The summed E-state index contributed by atoms with van der Waals surface area (Å²) in [5, 5.41) is 0.